The van der Waals surface area contributed by atoms with Gasteiger partial charge in [-0.1, -0.05) is 52.4 Å². The van der Waals surface area contributed by atoms with Crippen molar-refractivity contribution < 1.29 is 0 Å². The Balaban J connectivity index is 3.28. The van der Waals surface area contributed by atoms with Crippen LogP contribution in [0.25, 0.3) is 0 Å². The first-order chi connectivity index (χ1) is 6.35. The maximum atomic E-state index is 4.42. The van der Waals surface area contributed by atoms with E-state index in [0.29, 0.717) is 0 Å². The quantitative estimate of drug-likeness (QED) is 0.407. The third-order valence-electron chi connectivity index (χ3n) is 2.69. The summed E-state index contributed by atoms with van der Waals surface area (Å²) in [6, 6.07) is 0. The number of hydrogen-bond acceptors (Lipinski definition) is 1. The van der Waals surface area contributed by atoms with Gasteiger partial charge in [0.25, 0.3) is 0 Å². The van der Waals surface area contributed by atoms with Gasteiger partial charge in [0.15, 0.2) is 0 Å². The van der Waals surface area contributed by atoms with Crippen molar-refractivity contribution in [1.82, 2.24) is 0 Å². The van der Waals surface area contributed by atoms with E-state index in [9.17, 15) is 0 Å². The summed E-state index contributed by atoms with van der Waals surface area (Å²) < 4.78 is 0. The zero-order chi connectivity index (χ0) is 9.94. The number of hydrogen-bond donors (Lipinski definition) is 1. The topological polar surface area (TPSA) is 0 Å². The molecule has 0 atom stereocenters. The molecule has 0 bridgehead atoms. The molecule has 0 rings (SSSR count). The normalized spacial score (nSPS) is 11.1. The van der Waals surface area contributed by atoms with E-state index >= 15 is 0 Å². The van der Waals surface area contributed by atoms with E-state index in [0.717, 1.165) is 11.7 Å². The van der Waals surface area contributed by atoms with Crippen LogP contribution in [0.15, 0.2) is 0 Å². The van der Waals surface area contributed by atoms with Crippen LogP contribution >= 0.6 is 12.6 Å². The smallest absolute Gasteiger partial charge is 0.00695 e. The molecule has 0 heterocycles. The molecule has 0 aromatic heterocycles. The number of rotatable bonds is 9. The second-order valence-corrected chi connectivity index (χ2v) is 4.41. The van der Waals surface area contributed by atoms with Gasteiger partial charge in [0.05, 0.1) is 0 Å². The SMILES string of the molecule is CCCCCC(CS)CCCCC. The molecular formula is C12H26S. The zero-order valence-electron chi connectivity index (χ0n) is 9.39. The minimum atomic E-state index is 0.890. The maximum Gasteiger partial charge on any atom is -0.00695 e. The predicted molar refractivity (Wildman–Crippen MR) is 65.6 cm³/mol. The van der Waals surface area contributed by atoms with E-state index in [2.05, 4.69) is 26.5 Å². The van der Waals surface area contributed by atoms with Crippen LogP contribution in [-0.2, 0) is 0 Å². The Labute approximate surface area is 89.9 Å². The van der Waals surface area contributed by atoms with Crippen LogP contribution in [0, 0.1) is 5.92 Å². The monoisotopic (exact) mass is 202 g/mol. The van der Waals surface area contributed by atoms with Crippen LogP contribution in [0.3, 0.4) is 0 Å². The molecule has 0 aliphatic rings. The van der Waals surface area contributed by atoms with Crippen molar-refractivity contribution in [2.75, 3.05) is 5.75 Å². The van der Waals surface area contributed by atoms with Gasteiger partial charge in [0.2, 0.25) is 0 Å². The molecule has 0 N–H and O–H groups in total. The number of thiol groups is 1. The molecule has 0 saturated heterocycles. The summed E-state index contributed by atoms with van der Waals surface area (Å²) in [5, 5.41) is 0. The third kappa shape index (κ3) is 8.67. The van der Waals surface area contributed by atoms with E-state index in [-0.39, 0.29) is 0 Å². The fourth-order valence-corrected chi connectivity index (χ4v) is 2.06. The molecule has 0 unspecified atom stereocenters. The van der Waals surface area contributed by atoms with Crippen molar-refractivity contribution in [3.8, 4) is 0 Å². The molecule has 0 spiro atoms. The van der Waals surface area contributed by atoms with Crippen LogP contribution < -0.4 is 0 Å². The summed E-state index contributed by atoms with van der Waals surface area (Å²) in [6.45, 7) is 4.54. The van der Waals surface area contributed by atoms with Gasteiger partial charge in [-0.15, -0.1) is 0 Å². The highest BCUT2D eigenvalue weighted by Gasteiger charge is 2.05. The van der Waals surface area contributed by atoms with Gasteiger partial charge < -0.3 is 0 Å². The Morgan fingerprint density at radius 3 is 1.62 bits per heavy atom. The molecule has 13 heavy (non-hydrogen) atoms. The van der Waals surface area contributed by atoms with Gasteiger partial charge in [-0.25, -0.2) is 0 Å². The van der Waals surface area contributed by atoms with Gasteiger partial charge in [0.1, 0.15) is 0 Å². The van der Waals surface area contributed by atoms with Gasteiger partial charge in [-0.2, -0.15) is 12.6 Å². The summed E-state index contributed by atoms with van der Waals surface area (Å²) in [6.07, 6.45) is 11.1. The fourth-order valence-electron chi connectivity index (χ4n) is 1.69. The maximum absolute atomic E-state index is 4.42. The summed E-state index contributed by atoms with van der Waals surface area (Å²) in [7, 11) is 0. The van der Waals surface area contributed by atoms with Crippen LogP contribution in [0.1, 0.15) is 65.2 Å². The molecule has 80 valence electrons. The van der Waals surface area contributed by atoms with Crippen molar-refractivity contribution in [2.45, 2.75) is 65.2 Å². The largest absolute Gasteiger partial charge is 0.179 e. The first kappa shape index (κ1) is 13.4. The summed E-state index contributed by atoms with van der Waals surface area (Å²) in [5.41, 5.74) is 0. The van der Waals surface area contributed by atoms with Crippen molar-refractivity contribution in [3.05, 3.63) is 0 Å². The Morgan fingerprint density at radius 2 is 1.31 bits per heavy atom. The van der Waals surface area contributed by atoms with Crippen LogP contribution in [-0.4, -0.2) is 5.75 Å². The van der Waals surface area contributed by atoms with Crippen molar-refractivity contribution in [3.63, 3.8) is 0 Å². The zero-order valence-corrected chi connectivity index (χ0v) is 10.3. The van der Waals surface area contributed by atoms with Crippen molar-refractivity contribution >= 4 is 12.6 Å². The van der Waals surface area contributed by atoms with Gasteiger partial charge in [-0.3, -0.25) is 0 Å². The molecule has 0 aromatic carbocycles. The molecule has 0 radical (unpaired) electrons. The predicted octanol–water partition coefficient (Wildman–Crippen LogP) is 4.69. The van der Waals surface area contributed by atoms with Gasteiger partial charge in [0, 0.05) is 0 Å². The van der Waals surface area contributed by atoms with E-state index in [1.165, 1.54) is 51.4 Å². The van der Waals surface area contributed by atoms with E-state index < -0.39 is 0 Å². The van der Waals surface area contributed by atoms with Crippen LogP contribution in [0.4, 0.5) is 0 Å². The van der Waals surface area contributed by atoms with E-state index in [1.54, 1.807) is 0 Å². The molecule has 1 heteroatoms. The van der Waals surface area contributed by atoms with Crippen molar-refractivity contribution in [1.29, 1.82) is 0 Å². The lowest BCUT2D eigenvalue weighted by Gasteiger charge is -2.13. The van der Waals surface area contributed by atoms with Gasteiger partial charge >= 0.3 is 0 Å². The number of unbranched alkanes of at least 4 members (excludes halogenated alkanes) is 4. The standard InChI is InChI=1S/C12H26S/c1-3-5-7-9-12(11-13)10-8-6-4-2/h12-13H,3-11H2,1-2H3. The molecule has 0 nitrogen and oxygen atoms in total. The van der Waals surface area contributed by atoms with Crippen LogP contribution in [0.2, 0.25) is 0 Å². The fraction of sp³-hybridized carbons (Fsp3) is 1.00. The third-order valence-corrected chi connectivity index (χ3v) is 3.21. The Morgan fingerprint density at radius 1 is 0.846 bits per heavy atom. The second-order valence-electron chi connectivity index (χ2n) is 4.04. The van der Waals surface area contributed by atoms with Crippen molar-refractivity contribution in [2.24, 2.45) is 5.92 Å². The van der Waals surface area contributed by atoms with E-state index in [4.69, 9.17) is 0 Å². The lowest BCUT2D eigenvalue weighted by atomic mass is 9.97. The summed E-state index contributed by atoms with van der Waals surface area (Å²) >= 11 is 4.42. The highest BCUT2D eigenvalue weighted by molar-refractivity contribution is 7.80. The first-order valence-corrected chi connectivity index (χ1v) is 6.59. The van der Waals surface area contributed by atoms with E-state index in [1.807, 2.05) is 0 Å². The average molecular weight is 202 g/mol. The second kappa shape index (κ2) is 10.4. The highest BCUT2D eigenvalue weighted by Crippen LogP contribution is 2.18. The van der Waals surface area contributed by atoms with Crippen LogP contribution in [0.5, 0.6) is 0 Å². The molecule has 0 amide bonds. The lowest BCUT2D eigenvalue weighted by Crippen LogP contribution is -2.02. The minimum absolute atomic E-state index is 0.890. The molecule has 0 aromatic rings. The molecule has 0 aliphatic heterocycles. The first-order valence-electron chi connectivity index (χ1n) is 5.96. The Kier molecular flexibility index (Phi) is 10.7. The molecule has 0 saturated carbocycles. The Hall–Kier alpha value is 0.350. The molecular weight excluding hydrogens is 176 g/mol. The molecule has 0 aliphatic carbocycles. The highest BCUT2D eigenvalue weighted by atomic mass is 32.1. The summed E-state index contributed by atoms with van der Waals surface area (Å²) in [4.78, 5) is 0. The minimum Gasteiger partial charge on any atom is -0.179 e. The summed E-state index contributed by atoms with van der Waals surface area (Å²) in [5.74, 6) is 1.98. The lowest BCUT2D eigenvalue weighted by molar-refractivity contribution is 0.449. The Bertz CT molecular complexity index is 81.1. The molecule has 0 fully saturated rings. The van der Waals surface area contributed by atoms with Gasteiger partial charge in [-0.05, 0) is 24.5 Å². The average Bonchev–Trinajstić information content (AvgIpc) is 2.16.